The molecule has 2 N–H and O–H groups in total. The van der Waals surface area contributed by atoms with Gasteiger partial charge in [-0.1, -0.05) is 38.8 Å². The Morgan fingerprint density at radius 2 is 1.91 bits per heavy atom. The second kappa shape index (κ2) is 7.65. The predicted octanol–water partition coefficient (Wildman–Crippen LogP) is 3.69. The van der Waals surface area contributed by atoms with Gasteiger partial charge >= 0.3 is 0 Å². The van der Waals surface area contributed by atoms with Gasteiger partial charge < -0.3 is 10.6 Å². The van der Waals surface area contributed by atoms with Crippen LogP contribution in [-0.2, 0) is 4.79 Å². The van der Waals surface area contributed by atoms with E-state index in [1.54, 1.807) is 0 Å². The Morgan fingerprint density at radius 1 is 1.27 bits per heavy atom. The summed E-state index contributed by atoms with van der Waals surface area (Å²) in [6.45, 7) is 4.28. The van der Waals surface area contributed by atoms with Gasteiger partial charge in [-0.3, -0.25) is 4.79 Å². The molecule has 1 saturated carbocycles. The maximum atomic E-state index is 12.1. The number of nitrogens with zero attached hydrogens (tertiary/aromatic N) is 1. The molecule has 22 heavy (non-hydrogen) atoms. The Labute approximate surface area is 132 Å². The molecule has 116 valence electrons. The molecule has 1 aromatic carbocycles. The molecule has 0 aromatic heterocycles. The third-order valence-electron chi connectivity index (χ3n) is 4.02. The van der Waals surface area contributed by atoms with Crippen LogP contribution in [0.25, 0.3) is 0 Å². The zero-order chi connectivity index (χ0) is 15.9. The largest absolute Gasteiger partial charge is 0.360 e. The van der Waals surface area contributed by atoms with Gasteiger partial charge in [0.1, 0.15) is 11.6 Å². The maximum Gasteiger partial charge on any atom is 0.263 e. The summed E-state index contributed by atoms with van der Waals surface area (Å²) < 4.78 is 0. The Kier molecular flexibility index (Phi) is 5.60. The van der Waals surface area contributed by atoms with Gasteiger partial charge in [0, 0.05) is 17.9 Å². The first-order chi connectivity index (χ1) is 10.6. The second-order valence-electron chi connectivity index (χ2n) is 6.05. The van der Waals surface area contributed by atoms with Gasteiger partial charge in [-0.2, -0.15) is 5.26 Å². The van der Waals surface area contributed by atoms with E-state index in [2.05, 4.69) is 24.5 Å². The molecule has 1 aliphatic rings. The molecule has 2 rings (SSSR count). The van der Waals surface area contributed by atoms with E-state index >= 15 is 0 Å². The fourth-order valence-electron chi connectivity index (χ4n) is 2.60. The van der Waals surface area contributed by atoms with Gasteiger partial charge in [-0.05, 0) is 36.5 Å². The quantitative estimate of drug-likeness (QED) is 0.643. The van der Waals surface area contributed by atoms with Crippen LogP contribution in [0.2, 0.25) is 0 Å². The number of hydrogen-bond acceptors (Lipinski definition) is 3. The number of carbonyl (C=O) groups excluding carboxylic acids is 1. The van der Waals surface area contributed by atoms with Crippen LogP contribution in [0.4, 0.5) is 5.69 Å². The lowest BCUT2D eigenvalue weighted by atomic mass is 10.0. The van der Waals surface area contributed by atoms with Gasteiger partial charge in [0.25, 0.3) is 5.91 Å². The Morgan fingerprint density at radius 3 is 2.45 bits per heavy atom. The topological polar surface area (TPSA) is 64.9 Å². The van der Waals surface area contributed by atoms with Crippen molar-refractivity contribution in [1.29, 1.82) is 5.26 Å². The molecule has 1 aromatic rings. The molecular weight excluding hydrogens is 274 g/mol. The van der Waals surface area contributed by atoms with Crippen LogP contribution in [0.1, 0.15) is 51.0 Å². The van der Waals surface area contributed by atoms with Crippen molar-refractivity contribution >= 4 is 11.6 Å². The third kappa shape index (κ3) is 4.36. The van der Waals surface area contributed by atoms with Crippen molar-refractivity contribution in [3.8, 4) is 6.07 Å². The van der Waals surface area contributed by atoms with E-state index in [1.165, 1.54) is 11.8 Å². The monoisotopic (exact) mass is 297 g/mol. The van der Waals surface area contributed by atoms with E-state index in [0.29, 0.717) is 5.92 Å². The lowest BCUT2D eigenvalue weighted by molar-refractivity contribution is -0.117. The molecule has 0 spiro atoms. The van der Waals surface area contributed by atoms with Gasteiger partial charge in [0.2, 0.25) is 0 Å². The number of nitriles is 1. The molecule has 0 aliphatic heterocycles. The molecule has 4 nitrogen and oxygen atoms in total. The zero-order valence-corrected chi connectivity index (χ0v) is 13.2. The number of amides is 1. The molecule has 1 aliphatic carbocycles. The molecule has 0 heterocycles. The number of nitrogens with one attached hydrogen (secondary N) is 2. The van der Waals surface area contributed by atoms with Crippen molar-refractivity contribution in [2.45, 2.75) is 51.5 Å². The Hall–Kier alpha value is -2.28. The average molecular weight is 297 g/mol. The smallest absolute Gasteiger partial charge is 0.263 e. The number of carbonyl (C=O) groups is 1. The number of hydrogen-bond donors (Lipinski definition) is 2. The summed E-state index contributed by atoms with van der Waals surface area (Å²) in [7, 11) is 0. The fraction of sp³-hybridized carbons (Fsp3) is 0.444. The summed E-state index contributed by atoms with van der Waals surface area (Å²) in [6.07, 6.45) is 5.80. The minimum Gasteiger partial charge on any atom is -0.360 e. The highest BCUT2D eigenvalue weighted by atomic mass is 16.1. The molecule has 1 amide bonds. The van der Waals surface area contributed by atoms with Crippen LogP contribution in [0, 0.1) is 11.3 Å². The molecule has 0 radical (unpaired) electrons. The van der Waals surface area contributed by atoms with Crippen LogP contribution in [0.15, 0.2) is 36.0 Å². The van der Waals surface area contributed by atoms with Crippen LogP contribution < -0.4 is 10.6 Å². The van der Waals surface area contributed by atoms with Crippen molar-refractivity contribution in [2.24, 2.45) is 0 Å². The summed E-state index contributed by atoms with van der Waals surface area (Å²) in [5.41, 5.74) is 2.24. The SMILES string of the molecule is CC(C)c1ccc(N/C=C(/C#N)C(=O)NC2CCCC2)cc1. The van der Waals surface area contributed by atoms with E-state index in [9.17, 15) is 4.79 Å². The van der Waals surface area contributed by atoms with Crippen molar-refractivity contribution < 1.29 is 4.79 Å². The average Bonchev–Trinajstić information content (AvgIpc) is 3.01. The lowest BCUT2D eigenvalue weighted by Crippen LogP contribution is -2.33. The van der Waals surface area contributed by atoms with E-state index in [0.717, 1.165) is 31.4 Å². The highest BCUT2D eigenvalue weighted by Gasteiger charge is 2.19. The summed E-state index contributed by atoms with van der Waals surface area (Å²) in [6, 6.07) is 10.2. The summed E-state index contributed by atoms with van der Waals surface area (Å²) >= 11 is 0. The summed E-state index contributed by atoms with van der Waals surface area (Å²) in [5, 5.41) is 15.1. The van der Waals surface area contributed by atoms with Gasteiger partial charge in [-0.25, -0.2) is 0 Å². The van der Waals surface area contributed by atoms with Gasteiger partial charge in [0.05, 0.1) is 0 Å². The molecule has 0 saturated heterocycles. The zero-order valence-electron chi connectivity index (χ0n) is 13.2. The highest BCUT2D eigenvalue weighted by molar-refractivity contribution is 5.97. The minimum absolute atomic E-state index is 0.111. The van der Waals surface area contributed by atoms with Crippen LogP contribution in [0.3, 0.4) is 0 Å². The van der Waals surface area contributed by atoms with E-state index in [4.69, 9.17) is 5.26 Å². The van der Waals surface area contributed by atoms with E-state index in [-0.39, 0.29) is 17.5 Å². The van der Waals surface area contributed by atoms with E-state index in [1.807, 2.05) is 30.3 Å². The fourth-order valence-corrected chi connectivity index (χ4v) is 2.60. The first-order valence-corrected chi connectivity index (χ1v) is 7.87. The van der Waals surface area contributed by atoms with Crippen molar-refractivity contribution in [1.82, 2.24) is 5.32 Å². The van der Waals surface area contributed by atoms with Crippen LogP contribution in [-0.4, -0.2) is 11.9 Å². The first kappa shape index (κ1) is 16.1. The number of rotatable bonds is 5. The number of benzene rings is 1. The molecular formula is C18H23N3O. The molecule has 0 atom stereocenters. The van der Waals surface area contributed by atoms with Crippen LogP contribution in [0.5, 0.6) is 0 Å². The standard InChI is InChI=1S/C18H23N3O/c1-13(2)14-7-9-16(10-8-14)20-12-15(11-19)18(22)21-17-5-3-4-6-17/h7-10,12-13,17,20H,3-6H2,1-2H3,(H,21,22)/b15-12-. The normalized spacial score (nSPS) is 15.6. The summed E-state index contributed by atoms with van der Waals surface area (Å²) in [5.74, 6) is 0.192. The van der Waals surface area contributed by atoms with Crippen LogP contribution >= 0.6 is 0 Å². The highest BCUT2D eigenvalue weighted by Crippen LogP contribution is 2.19. The first-order valence-electron chi connectivity index (χ1n) is 7.87. The molecule has 4 heteroatoms. The molecule has 0 bridgehead atoms. The lowest BCUT2D eigenvalue weighted by Gasteiger charge is -2.11. The predicted molar refractivity (Wildman–Crippen MR) is 88.2 cm³/mol. The minimum atomic E-state index is -0.291. The second-order valence-corrected chi connectivity index (χ2v) is 6.05. The van der Waals surface area contributed by atoms with Crippen molar-refractivity contribution in [2.75, 3.05) is 5.32 Å². The third-order valence-corrected chi connectivity index (χ3v) is 4.02. The molecule has 1 fully saturated rings. The summed E-state index contributed by atoms with van der Waals surface area (Å²) in [4.78, 5) is 12.1. The van der Waals surface area contributed by atoms with Gasteiger partial charge in [-0.15, -0.1) is 0 Å². The molecule has 0 unspecified atom stereocenters. The van der Waals surface area contributed by atoms with Crippen molar-refractivity contribution in [3.05, 3.63) is 41.6 Å². The maximum absolute atomic E-state index is 12.1. The van der Waals surface area contributed by atoms with Crippen molar-refractivity contribution in [3.63, 3.8) is 0 Å². The number of anilines is 1. The Balaban J connectivity index is 1.96. The van der Waals surface area contributed by atoms with E-state index < -0.39 is 0 Å². The van der Waals surface area contributed by atoms with Gasteiger partial charge in [0.15, 0.2) is 0 Å². The Bertz CT molecular complexity index is 575.